The SMILES string of the molecule is CN(CCC(=O)N1CCNCC1)C1CCOCC1. The number of rotatable bonds is 4. The van der Waals surface area contributed by atoms with Crippen molar-refractivity contribution in [1.29, 1.82) is 0 Å². The van der Waals surface area contributed by atoms with Gasteiger partial charge in [0.05, 0.1) is 0 Å². The summed E-state index contributed by atoms with van der Waals surface area (Å²) in [6.07, 6.45) is 2.84. The molecule has 2 heterocycles. The van der Waals surface area contributed by atoms with Gasteiger partial charge < -0.3 is 19.9 Å². The molecule has 0 aliphatic carbocycles. The largest absolute Gasteiger partial charge is 0.381 e. The molecule has 2 rings (SSSR count). The molecular weight excluding hydrogens is 230 g/mol. The van der Waals surface area contributed by atoms with Gasteiger partial charge in [0.1, 0.15) is 0 Å². The topological polar surface area (TPSA) is 44.8 Å². The van der Waals surface area contributed by atoms with Crippen LogP contribution in [0, 0.1) is 0 Å². The number of carbonyl (C=O) groups is 1. The molecule has 1 N–H and O–H groups in total. The molecule has 0 spiro atoms. The third-order valence-corrected chi connectivity index (χ3v) is 3.96. The van der Waals surface area contributed by atoms with Crippen molar-refractivity contribution in [3.05, 3.63) is 0 Å². The highest BCUT2D eigenvalue weighted by molar-refractivity contribution is 5.76. The second kappa shape index (κ2) is 7.07. The molecule has 0 bridgehead atoms. The number of piperazine rings is 1. The standard InChI is InChI=1S/C13H25N3O2/c1-15(12-3-10-18-11-4-12)7-2-13(17)16-8-5-14-6-9-16/h12,14H,2-11H2,1H3. The van der Waals surface area contributed by atoms with E-state index in [0.29, 0.717) is 18.4 Å². The zero-order valence-corrected chi connectivity index (χ0v) is 11.4. The quantitative estimate of drug-likeness (QED) is 0.763. The number of amides is 1. The van der Waals surface area contributed by atoms with Crippen molar-refractivity contribution in [3.63, 3.8) is 0 Å². The molecule has 2 aliphatic rings. The fraction of sp³-hybridized carbons (Fsp3) is 0.923. The van der Waals surface area contributed by atoms with Crippen LogP contribution in [0.15, 0.2) is 0 Å². The zero-order valence-electron chi connectivity index (χ0n) is 11.4. The van der Waals surface area contributed by atoms with Crippen molar-refractivity contribution in [2.24, 2.45) is 0 Å². The highest BCUT2D eigenvalue weighted by atomic mass is 16.5. The number of hydrogen-bond acceptors (Lipinski definition) is 4. The lowest BCUT2D eigenvalue weighted by molar-refractivity contribution is -0.132. The maximum Gasteiger partial charge on any atom is 0.223 e. The molecule has 5 nitrogen and oxygen atoms in total. The van der Waals surface area contributed by atoms with Crippen molar-refractivity contribution < 1.29 is 9.53 Å². The van der Waals surface area contributed by atoms with E-state index in [-0.39, 0.29) is 0 Å². The summed E-state index contributed by atoms with van der Waals surface area (Å²) < 4.78 is 5.36. The molecule has 18 heavy (non-hydrogen) atoms. The monoisotopic (exact) mass is 255 g/mol. The van der Waals surface area contributed by atoms with Gasteiger partial charge in [-0.3, -0.25) is 4.79 Å². The van der Waals surface area contributed by atoms with E-state index in [1.165, 1.54) is 0 Å². The summed E-state index contributed by atoms with van der Waals surface area (Å²) in [6, 6.07) is 0.592. The molecule has 104 valence electrons. The Balaban J connectivity index is 1.67. The first-order valence-electron chi connectivity index (χ1n) is 7.04. The van der Waals surface area contributed by atoms with E-state index < -0.39 is 0 Å². The smallest absolute Gasteiger partial charge is 0.223 e. The minimum absolute atomic E-state index is 0.301. The Labute approximate surface area is 109 Å². The van der Waals surface area contributed by atoms with Crippen molar-refractivity contribution in [3.8, 4) is 0 Å². The van der Waals surface area contributed by atoms with Crippen LogP contribution in [0.2, 0.25) is 0 Å². The predicted octanol–water partition coefficient (Wildman–Crippen LogP) is -0.0809. The van der Waals surface area contributed by atoms with E-state index in [1.54, 1.807) is 0 Å². The Morgan fingerprint density at radius 2 is 2.00 bits per heavy atom. The Bertz CT molecular complexity index is 261. The van der Waals surface area contributed by atoms with Crippen LogP contribution in [0.4, 0.5) is 0 Å². The highest BCUT2D eigenvalue weighted by Crippen LogP contribution is 2.13. The van der Waals surface area contributed by atoms with Crippen LogP contribution in [0.5, 0.6) is 0 Å². The maximum atomic E-state index is 12.0. The van der Waals surface area contributed by atoms with Gasteiger partial charge in [0.15, 0.2) is 0 Å². The van der Waals surface area contributed by atoms with Gasteiger partial charge in [0, 0.05) is 58.4 Å². The van der Waals surface area contributed by atoms with Gasteiger partial charge in [-0.15, -0.1) is 0 Å². The van der Waals surface area contributed by atoms with Crippen molar-refractivity contribution in [1.82, 2.24) is 15.1 Å². The zero-order chi connectivity index (χ0) is 12.8. The highest BCUT2D eigenvalue weighted by Gasteiger charge is 2.20. The molecule has 0 atom stereocenters. The first kappa shape index (κ1) is 13.8. The van der Waals surface area contributed by atoms with Crippen molar-refractivity contribution >= 4 is 5.91 Å². The Morgan fingerprint density at radius 1 is 1.33 bits per heavy atom. The second-order valence-electron chi connectivity index (χ2n) is 5.20. The molecule has 0 aromatic carbocycles. The summed E-state index contributed by atoms with van der Waals surface area (Å²) in [5.41, 5.74) is 0. The lowest BCUT2D eigenvalue weighted by Crippen LogP contribution is -2.47. The second-order valence-corrected chi connectivity index (χ2v) is 5.20. The predicted molar refractivity (Wildman–Crippen MR) is 70.5 cm³/mol. The van der Waals surface area contributed by atoms with Crippen LogP contribution in [0.25, 0.3) is 0 Å². The van der Waals surface area contributed by atoms with Crippen LogP contribution >= 0.6 is 0 Å². The van der Waals surface area contributed by atoms with E-state index >= 15 is 0 Å². The average Bonchev–Trinajstić information content (AvgIpc) is 2.46. The lowest BCUT2D eigenvalue weighted by Gasteiger charge is -2.32. The van der Waals surface area contributed by atoms with E-state index in [4.69, 9.17) is 4.74 Å². The van der Waals surface area contributed by atoms with E-state index in [1.807, 2.05) is 4.90 Å². The number of ether oxygens (including phenoxy) is 1. The van der Waals surface area contributed by atoms with E-state index in [9.17, 15) is 4.79 Å². The van der Waals surface area contributed by atoms with E-state index in [0.717, 1.165) is 58.8 Å². The summed E-state index contributed by atoms with van der Waals surface area (Å²) >= 11 is 0. The van der Waals surface area contributed by atoms with Gasteiger partial charge in [0.25, 0.3) is 0 Å². The molecular formula is C13H25N3O2. The Hall–Kier alpha value is -0.650. The number of hydrogen-bond donors (Lipinski definition) is 1. The van der Waals surface area contributed by atoms with Crippen LogP contribution in [0.1, 0.15) is 19.3 Å². The molecule has 0 radical (unpaired) electrons. The fourth-order valence-corrected chi connectivity index (χ4v) is 2.65. The molecule has 0 aromatic heterocycles. The van der Waals surface area contributed by atoms with Gasteiger partial charge >= 0.3 is 0 Å². The third kappa shape index (κ3) is 3.93. The first-order valence-corrected chi connectivity index (χ1v) is 7.04. The minimum atomic E-state index is 0.301. The van der Waals surface area contributed by atoms with Gasteiger partial charge in [0.2, 0.25) is 5.91 Å². The lowest BCUT2D eigenvalue weighted by atomic mass is 10.1. The van der Waals surface area contributed by atoms with Crippen molar-refractivity contribution in [2.45, 2.75) is 25.3 Å². The van der Waals surface area contributed by atoms with Gasteiger partial charge in [-0.2, -0.15) is 0 Å². The Kier molecular flexibility index (Phi) is 5.41. The molecule has 2 saturated heterocycles. The number of carbonyl (C=O) groups excluding carboxylic acids is 1. The molecule has 0 saturated carbocycles. The molecule has 2 aliphatic heterocycles. The normalized spacial score (nSPS) is 22.4. The molecule has 2 fully saturated rings. The first-order chi connectivity index (χ1) is 8.77. The summed E-state index contributed by atoms with van der Waals surface area (Å²) in [5.74, 6) is 0.301. The summed E-state index contributed by atoms with van der Waals surface area (Å²) in [7, 11) is 2.13. The van der Waals surface area contributed by atoms with Gasteiger partial charge in [-0.05, 0) is 19.9 Å². The molecule has 0 unspecified atom stereocenters. The van der Waals surface area contributed by atoms with Crippen LogP contribution < -0.4 is 5.32 Å². The van der Waals surface area contributed by atoms with Gasteiger partial charge in [-0.1, -0.05) is 0 Å². The Morgan fingerprint density at radius 3 is 2.67 bits per heavy atom. The molecule has 1 amide bonds. The number of nitrogens with zero attached hydrogens (tertiary/aromatic N) is 2. The van der Waals surface area contributed by atoms with Crippen LogP contribution in [0.3, 0.4) is 0 Å². The van der Waals surface area contributed by atoms with Crippen LogP contribution in [-0.4, -0.2) is 74.7 Å². The minimum Gasteiger partial charge on any atom is -0.381 e. The summed E-state index contributed by atoms with van der Waals surface area (Å²) in [4.78, 5) is 16.3. The summed E-state index contributed by atoms with van der Waals surface area (Å²) in [6.45, 7) is 6.18. The van der Waals surface area contributed by atoms with Crippen LogP contribution in [-0.2, 0) is 9.53 Å². The van der Waals surface area contributed by atoms with E-state index in [2.05, 4.69) is 17.3 Å². The third-order valence-electron chi connectivity index (χ3n) is 3.96. The van der Waals surface area contributed by atoms with Gasteiger partial charge in [-0.25, -0.2) is 0 Å². The summed E-state index contributed by atoms with van der Waals surface area (Å²) in [5, 5.41) is 3.27. The molecule has 5 heteroatoms. The average molecular weight is 255 g/mol. The molecule has 0 aromatic rings. The van der Waals surface area contributed by atoms with Crippen molar-refractivity contribution in [2.75, 3.05) is 53.0 Å². The fourth-order valence-electron chi connectivity index (χ4n) is 2.65. The number of nitrogens with one attached hydrogen (secondary N) is 1. The maximum absolute atomic E-state index is 12.0.